The Kier molecular flexibility index (Phi) is 3.98. The first-order chi connectivity index (χ1) is 9.51. The summed E-state index contributed by atoms with van der Waals surface area (Å²) in [5, 5.41) is 0. The van der Waals surface area contributed by atoms with E-state index in [4.69, 9.17) is 0 Å². The number of nitrogens with one attached hydrogen (secondary N) is 1. The molecule has 1 aromatic carbocycles. The monoisotopic (exact) mass is 272 g/mol. The molecule has 20 heavy (non-hydrogen) atoms. The highest BCUT2D eigenvalue weighted by atomic mass is 16.5. The fraction of sp³-hybridized carbons (Fsp3) is 0.267. The molecule has 1 heterocycles. The van der Waals surface area contributed by atoms with E-state index in [0.717, 1.165) is 11.3 Å². The molecular formula is C15H16N2O3. The second-order valence-corrected chi connectivity index (χ2v) is 4.58. The fourth-order valence-corrected chi connectivity index (χ4v) is 2.04. The van der Waals surface area contributed by atoms with Crippen LogP contribution in [0.4, 0.5) is 0 Å². The molecule has 0 unspecified atom stereocenters. The van der Waals surface area contributed by atoms with Crippen molar-refractivity contribution in [1.29, 1.82) is 0 Å². The first-order valence-electron chi connectivity index (χ1n) is 6.25. The number of methoxy groups -OCH3 is 1. The molecule has 104 valence electrons. The third-order valence-corrected chi connectivity index (χ3v) is 3.10. The average Bonchev–Trinajstić information content (AvgIpc) is 2.42. The van der Waals surface area contributed by atoms with Crippen molar-refractivity contribution < 1.29 is 9.53 Å². The lowest BCUT2D eigenvalue weighted by atomic mass is 10.0. The van der Waals surface area contributed by atoms with Gasteiger partial charge in [-0.05, 0) is 31.5 Å². The number of benzene rings is 1. The highest BCUT2D eigenvalue weighted by Gasteiger charge is 2.09. The molecule has 0 aliphatic rings. The van der Waals surface area contributed by atoms with Gasteiger partial charge in [0.25, 0.3) is 5.56 Å². The van der Waals surface area contributed by atoms with Crippen LogP contribution in [0.25, 0.3) is 0 Å². The van der Waals surface area contributed by atoms with Crippen LogP contribution in [0.15, 0.2) is 29.1 Å². The number of ether oxygens (including phenoxy) is 1. The van der Waals surface area contributed by atoms with Crippen LogP contribution in [0.1, 0.15) is 33.0 Å². The molecule has 0 bridgehead atoms. The number of carbonyl (C=O) groups excluding carboxylic acids is 1. The Morgan fingerprint density at radius 2 is 1.90 bits per heavy atom. The van der Waals surface area contributed by atoms with Gasteiger partial charge in [-0.15, -0.1) is 0 Å². The summed E-state index contributed by atoms with van der Waals surface area (Å²) >= 11 is 0. The molecule has 0 spiro atoms. The van der Waals surface area contributed by atoms with Crippen LogP contribution in [0.5, 0.6) is 0 Å². The van der Waals surface area contributed by atoms with E-state index in [9.17, 15) is 9.59 Å². The third-order valence-electron chi connectivity index (χ3n) is 3.10. The number of esters is 1. The summed E-state index contributed by atoms with van der Waals surface area (Å²) in [5.74, 6) is 0.236. The zero-order chi connectivity index (χ0) is 14.7. The van der Waals surface area contributed by atoms with Gasteiger partial charge >= 0.3 is 5.97 Å². The van der Waals surface area contributed by atoms with E-state index in [1.165, 1.54) is 7.11 Å². The van der Waals surface area contributed by atoms with Crippen molar-refractivity contribution in [2.75, 3.05) is 7.11 Å². The quantitative estimate of drug-likeness (QED) is 0.864. The summed E-state index contributed by atoms with van der Waals surface area (Å²) in [4.78, 5) is 30.2. The second-order valence-electron chi connectivity index (χ2n) is 4.58. The molecule has 0 amide bonds. The van der Waals surface area contributed by atoms with Gasteiger partial charge in [0.1, 0.15) is 5.82 Å². The Labute approximate surface area is 116 Å². The van der Waals surface area contributed by atoms with E-state index < -0.39 is 0 Å². The molecule has 0 aliphatic carbocycles. The first-order valence-corrected chi connectivity index (χ1v) is 6.25. The van der Waals surface area contributed by atoms with Gasteiger partial charge in [-0.1, -0.05) is 12.1 Å². The summed E-state index contributed by atoms with van der Waals surface area (Å²) in [5.41, 5.74) is 2.68. The zero-order valence-corrected chi connectivity index (χ0v) is 11.7. The van der Waals surface area contributed by atoms with Crippen molar-refractivity contribution in [1.82, 2.24) is 9.97 Å². The molecule has 5 nitrogen and oxygen atoms in total. The van der Waals surface area contributed by atoms with E-state index in [1.807, 2.05) is 19.1 Å². The predicted octanol–water partition coefficient (Wildman–Crippen LogP) is 1.76. The third kappa shape index (κ3) is 2.93. The number of nitrogens with zero attached hydrogens (tertiary/aromatic N) is 1. The van der Waals surface area contributed by atoms with Gasteiger partial charge in [0.2, 0.25) is 0 Å². The number of aromatic amines is 1. The molecule has 0 saturated carbocycles. The Balaban J connectivity index is 2.27. The topological polar surface area (TPSA) is 72.0 Å². The summed E-state index contributed by atoms with van der Waals surface area (Å²) in [6, 6.07) is 6.99. The van der Waals surface area contributed by atoms with Gasteiger partial charge in [0.05, 0.1) is 12.7 Å². The van der Waals surface area contributed by atoms with Crippen LogP contribution >= 0.6 is 0 Å². The molecule has 1 aromatic heterocycles. The van der Waals surface area contributed by atoms with E-state index in [1.54, 1.807) is 19.1 Å². The highest BCUT2D eigenvalue weighted by molar-refractivity contribution is 5.89. The molecular weight excluding hydrogens is 256 g/mol. The van der Waals surface area contributed by atoms with Crippen molar-refractivity contribution in [2.24, 2.45) is 0 Å². The molecule has 5 heteroatoms. The van der Waals surface area contributed by atoms with Gasteiger partial charge in [-0.2, -0.15) is 0 Å². The van der Waals surface area contributed by atoms with Crippen LogP contribution in [-0.2, 0) is 11.2 Å². The number of aryl methyl sites for hydroxylation is 2. The minimum Gasteiger partial charge on any atom is -0.465 e. The number of hydrogen-bond acceptors (Lipinski definition) is 4. The number of aromatic nitrogens is 2. The Hall–Kier alpha value is -2.43. The van der Waals surface area contributed by atoms with Crippen molar-refractivity contribution in [3.63, 3.8) is 0 Å². The molecule has 0 saturated heterocycles. The lowest BCUT2D eigenvalue weighted by Crippen LogP contribution is -2.18. The maximum absolute atomic E-state index is 11.9. The van der Waals surface area contributed by atoms with Gasteiger partial charge in [0, 0.05) is 17.7 Å². The predicted molar refractivity (Wildman–Crippen MR) is 74.9 cm³/mol. The smallest absolute Gasteiger partial charge is 0.337 e. The van der Waals surface area contributed by atoms with E-state index in [-0.39, 0.29) is 11.5 Å². The number of rotatable bonds is 3. The Bertz CT molecular complexity index is 687. The molecule has 1 N–H and O–H groups in total. The summed E-state index contributed by atoms with van der Waals surface area (Å²) in [7, 11) is 1.34. The Morgan fingerprint density at radius 3 is 2.45 bits per heavy atom. The van der Waals surface area contributed by atoms with Crippen molar-refractivity contribution in [3.05, 3.63) is 62.8 Å². The largest absolute Gasteiger partial charge is 0.465 e. The average molecular weight is 272 g/mol. The number of carbonyl (C=O) groups is 1. The van der Waals surface area contributed by atoms with Crippen LogP contribution in [-0.4, -0.2) is 23.0 Å². The highest BCUT2D eigenvalue weighted by Crippen LogP contribution is 2.11. The van der Waals surface area contributed by atoms with E-state index in [0.29, 0.717) is 23.4 Å². The molecule has 0 radical (unpaired) electrons. The van der Waals surface area contributed by atoms with Crippen LogP contribution in [0.2, 0.25) is 0 Å². The van der Waals surface area contributed by atoms with Gasteiger partial charge in [-0.3, -0.25) is 4.79 Å². The second kappa shape index (κ2) is 5.69. The van der Waals surface area contributed by atoms with E-state index in [2.05, 4.69) is 14.7 Å². The SMILES string of the molecule is COC(=O)c1ccc(Cc2c(C)nc(C)[nH]c2=O)cc1. The normalized spacial score (nSPS) is 10.3. The van der Waals surface area contributed by atoms with Gasteiger partial charge in [-0.25, -0.2) is 9.78 Å². The summed E-state index contributed by atoms with van der Waals surface area (Å²) in [6.45, 7) is 3.57. The standard InChI is InChI=1S/C15H16N2O3/c1-9-13(14(18)17-10(2)16-9)8-11-4-6-12(7-5-11)15(19)20-3/h4-7H,8H2,1-3H3,(H,16,17,18). The molecule has 2 rings (SSSR count). The number of hydrogen-bond donors (Lipinski definition) is 1. The van der Waals surface area contributed by atoms with E-state index >= 15 is 0 Å². The molecule has 0 fully saturated rings. The first kappa shape index (κ1) is 14.0. The maximum Gasteiger partial charge on any atom is 0.337 e. The molecule has 0 atom stereocenters. The van der Waals surface area contributed by atoms with Crippen LogP contribution in [0, 0.1) is 13.8 Å². The van der Waals surface area contributed by atoms with Gasteiger partial charge in [0.15, 0.2) is 0 Å². The lowest BCUT2D eigenvalue weighted by Gasteiger charge is -2.06. The number of H-pyrrole nitrogens is 1. The van der Waals surface area contributed by atoms with Gasteiger partial charge < -0.3 is 9.72 Å². The minimum absolute atomic E-state index is 0.118. The molecule has 0 aliphatic heterocycles. The van der Waals surface area contributed by atoms with Crippen molar-refractivity contribution in [3.8, 4) is 0 Å². The molecule has 2 aromatic rings. The van der Waals surface area contributed by atoms with Crippen molar-refractivity contribution >= 4 is 5.97 Å². The fourth-order valence-electron chi connectivity index (χ4n) is 2.04. The zero-order valence-electron chi connectivity index (χ0n) is 11.7. The minimum atomic E-state index is -0.373. The van der Waals surface area contributed by atoms with Crippen LogP contribution < -0.4 is 5.56 Å². The maximum atomic E-state index is 11.9. The lowest BCUT2D eigenvalue weighted by molar-refractivity contribution is 0.0600. The Morgan fingerprint density at radius 1 is 1.25 bits per heavy atom. The van der Waals surface area contributed by atoms with Crippen LogP contribution in [0.3, 0.4) is 0 Å². The van der Waals surface area contributed by atoms with Crippen molar-refractivity contribution in [2.45, 2.75) is 20.3 Å². The summed E-state index contributed by atoms with van der Waals surface area (Å²) in [6.07, 6.45) is 0.482. The summed E-state index contributed by atoms with van der Waals surface area (Å²) < 4.78 is 4.64.